The molecule has 3 heteroatoms. The van der Waals surface area contributed by atoms with E-state index in [1.807, 2.05) is 0 Å². The van der Waals surface area contributed by atoms with Gasteiger partial charge in [0.25, 0.3) is 0 Å². The second kappa shape index (κ2) is 15.3. The van der Waals surface area contributed by atoms with Gasteiger partial charge in [-0.3, -0.25) is 0 Å². The molecule has 0 bridgehead atoms. The summed E-state index contributed by atoms with van der Waals surface area (Å²) < 4.78 is 2.37. The van der Waals surface area contributed by atoms with Crippen molar-refractivity contribution in [3.05, 3.63) is 249 Å². The number of nitrogens with zero attached hydrogens (tertiary/aromatic N) is 3. The maximum absolute atomic E-state index is 2.39. The number of hydrogen-bond acceptors (Lipinski definition) is 2. The topological polar surface area (TPSA) is 11.4 Å². The molecule has 11 aromatic carbocycles. The van der Waals surface area contributed by atoms with Crippen molar-refractivity contribution in [3.63, 3.8) is 0 Å². The fourth-order valence-electron chi connectivity index (χ4n) is 9.64. The van der Waals surface area contributed by atoms with E-state index >= 15 is 0 Å². The molecule has 0 amide bonds. The third-order valence-corrected chi connectivity index (χ3v) is 12.5. The number of rotatable bonds is 8. The van der Waals surface area contributed by atoms with E-state index in [0.29, 0.717) is 0 Å². The number of para-hydroxylation sites is 4. The lowest BCUT2D eigenvalue weighted by Crippen LogP contribution is -2.12. The van der Waals surface area contributed by atoms with Gasteiger partial charge in [0.15, 0.2) is 0 Å². The van der Waals surface area contributed by atoms with Crippen molar-refractivity contribution in [2.45, 2.75) is 0 Å². The summed E-state index contributed by atoms with van der Waals surface area (Å²) in [4.78, 5) is 4.70. The third-order valence-electron chi connectivity index (χ3n) is 12.5. The van der Waals surface area contributed by atoms with Crippen molar-refractivity contribution in [1.29, 1.82) is 0 Å². The average Bonchev–Trinajstić information content (AvgIpc) is 3.69. The molecule has 1 heterocycles. The van der Waals surface area contributed by atoms with Crippen LogP contribution in [-0.4, -0.2) is 4.57 Å². The average molecular weight is 804 g/mol. The molecular formula is C60H41N3. The van der Waals surface area contributed by atoms with Crippen LogP contribution >= 0.6 is 0 Å². The van der Waals surface area contributed by atoms with E-state index in [0.717, 1.165) is 39.8 Å². The second-order valence-corrected chi connectivity index (χ2v) is 16.1. The molecule has 296 valence electrons. The van der Waals surface area contributed by atoms with Gasteiger partial charge in [-0.25, -0.2) is 0 Å². The quantitative estimate of drug-likeness (QED) is 0.142. The Bertz CT molecular complexity index is 3520. The minimum absolute atomic E-state index is 1.08. The van der Waals surface area contributed by atoms with E-state index in [9.17, 15) is 0 Å². The van der Waals surface area contributed by atoms with Gasteiger partial charge in [0, 0.05) is 50.6 Å². The van der Waals surface area contributed by atoms with Gasteiger partial charge in [0.05, 0.1) is 11.0 Å². The van der Waals surface area contributed by atoms with Crippen LogP contribution in [0, 0.1) is 0 Å². The van der Waals surface area contributed by atoms with Crippen LogP contribution in [0.3, 0.4) is 0 Å². The third kappa shape index (κ3) is 6.29. The molecule has 0 saturated carbocycles. The van der Waals surface area contributed by atoms with Gasteiger partial charge >= 0.3 is 0 Å². The van der Waals surface area contributed by atoms with Crippen molar-refractivity contribution in [3.8, 4) is 16.8 Å². The van der Waals surface area contributed by atoms with Gasteiger partial charge in [-0.05, 0) is 147 Å². The second-order valence-electron chi connectivity index (χ2n) is 16.1. The maximum atomic E-state index is 2.39. The number of anilines is 6. The molecule has 12 aromatic rings. The van der Waals surface area contributed by atoms with Crippen LogP contribution < -0.4 is 9.80 Å². The number of benzene rings is 11. The molecule has 0 fully saturated rings. The number of hydrogen-bond donors (Lipinski definition) is 0. The largest absolute Gasteiger partial charge is 0.311 e. The Balaban J connectivity index is 0.994. The Morgan fingerprint density at radius 1 is 0.222 bits per heavy atom. The molecule has 0 atom stereocenters. The van der Waals surface area contributed by atoms with Crippen LogP contribution in [0.15, 0.2) is 249 Å². The molecule has 0 unspecified atom stereocenters. The normalized spacial score (nSPS) is 11.5. The summed E-state index contributed by atoms with van der Waals surface area (Å²) in [6, 6.07) is 90.0. The Hall–Kier alpha value is -8.40. The molecule has 0 N–H and O–H groups in total. The van der Waals surface area contributed by atoms with Gasteiger partial charge in [-0.1, -0.05) is 146 Å². The zero-order valence-corrected chi connectivity index (χ0v) is 34.5. The van der Waals surface area contributed by atoms with Crippen LogP contribution in [0.25, 0.3) is 70.9 Å². The fraction of sp³-hybridized carbons (Fsp3) is 0. The van der Waals surface area contributed by atoms with E-state index in [1.165, 1.54) is 65.3 Å². The van der Waals surface area contributed by atoms with Crippen molar-refractivity contribution >= 4 is 88.2 Å². The number of fused-ring (bicyclic) bond motifs is 9. The summed E-state index contributed by atoms with van der Waals surface area (Å²) in [6.07, 6.45) is 0. The fourth-order valence-corrected chi connectivity index (χ4v) is 9.64. The zero-order chi connectivity index (χ0) is 41.7. The maximum Gasteiger partial charge on any atom is 0.0541 e. The standard InChI is InChI=1S/C60H41N3/c1-4-16-44(17-5-1)61(45-18-6-2-7-19-45)48-33-35-49(36-34-48)62(50-37-38-55-53-24-11-10-22-51(53)52-23-12-13-25-54(52)57(55)41-50)47-31-28-42(29-32-47)43-30-39-60-58(40-43)56-26-14-15-27-59(56)63(60)46-20-8-3-9-21-46/h1-41H. The summed E-state index contributed by atoms with van der Waals surface area (Å²) in [5.41, 5.74) is 12.5. The van der Waals surface area contributed by atoms with Gasteiger partial charge in [0.1, 0.15) is 0 Å². The van der Waals surface area contributed by atoms with Crippen molar-refractivity contribution < 1.29 is 0 Å². The van der Waals surface area contributed by atoms with Crippen LogP contribution in [-0.2, 0) is 0 Å². The first-order chi connectivity index (χ1) is 31.3. The van der Waals surface area contributed by atoms with Gasteiger partial charge in [-0.15, -0.1) is 0 Å². The van der Waals surface area contributed by atoms with Gasteiger partial charge in [0.2, 0.25) is 0 Å². The summed E-state index contributed by atoms with van der Waals surface area (Å²) in [5.74, 6) is 0. The van der Waals surface area contributed by atoms with Crippen LogP contribution in [0.5, 0.6) is 0 Å². The highest BCUT2D eigenvalue weighted by Gasteiger charge is 2.19. The van der Waals surface area contributed by atoms with Crippen molar-refractivity contribution in [2.75, 3.05) is 9.80 Å². The van der Waals surface area contributed by atoms with Crippen molar-refractivity contribution in [1.82, 2.24) is 4.57 Å². The smallest absolute Gasteiger partial charge is 0.0541 e. The molecule has 3 nitrogen and oxygen atoms in total. The van der Waals surface area contributed by atoms with E-state index in [-0.39, 0.29) is 0 Å². The minimum atomic E-state index is 1.08. The monoisotopic (exact) mass is 803 g/mol. The minimum Gasteiger partial charge on any atom is -0.311 e. The SMILES string of the molecule is c1ccc(N(c2ccccc2)c2ccc(N(c3ccc(-c4ccc5c(c4)c4ccccc4n5-c4ccccc4)cc3)c3ccc4c5ccccc5c5ccccc5c4c3)cc2)cc1. The first-order valence-corrected chi connectivity index (χ1v) is 21.6. The van der Waals surface area contributed by atoms with Crippen LogP contribution in [0.2, 0.25) is 0 Å². The molecule has 0 saturated heterocycles. The van der Waals surface area contributed by atoms with E-state index in [4.69, 9.17) is 0 Å². The lowest BCUT2D eigenvalue weighted by atomic mass is 9.94. The highest BCUT2D eigenvalue weighted by atomic mass is 15.2. The molecule has 0 aliphatic carbocycles. The van der Waals surface area contributed by atoms with E-state index in [1.54, 1.807) is 0 Å². The highest BCUT2D eigenvalue weighted by Crippen LogP contribution is 2.43. The highest BCUT2D eigenvalue weighted by molar-refractivity contribution is 6.25. The zero-order valence-electron chi connectivity index (χ0n) is 34.5. The molecular weight excluding hydrogens is 763 g/mol. The predicted molar refractivity (Wildman–Crippen MR) is 268 cm³/mol. The Labute approximate surface area is 366 Å². The number of aromatic nitrogens is 1. The Kier molecular flexibility index (Phi) is 8.83. The van der Waals surface area contributed by atoms with Crippen molar-refractivity contribution in [2.24, 2.45) is 0 Å². The molecule has 0 aliphatic heterocycles. The van der Waals surface area contributed by atoms with E-state index < -0.39 is 0 Å². The van der Waals surface area contributed by atoms with Crippen LogP contribution in [0.1, 0.15) is 0 Å². The lowest BCUT2D eigenvalue weighted by Gasteiger charge is -2.28. The van der Waals surface area contributed by atoms with Crippen LogP contribution in [0.4, 0.5) is 34.1 Å². The first-order valence-electron chi connectivity index (χ1n) is 21.6. The molecule has 12 rings (SSSR count). The molecule has 0 aliphatic rings. The van der Waals surface area contributed by atoms with Gasteiger partial charge < -0.3 is 14.4 Å². The molecule has 1 aromatic heterocycles. The summed E-state index contributed by atoms with van der Waals surface area (Å²) in [6.45, 7) is 0. The lowest BCUT2D eigenvalue weighted by molar-refractivity contribution is 1.18. The van der Waals surface area contributed by atoms with E-state index in [2.05, 4.69) is 263 Å². The Morgan fingerprint density at radius 2 is 0.603 bits per heavy atom. The molecule has 0 radical (unpaired) electrons. The molecule has 63 heavy (non-hydrogen) atoms. The summed E-state index contributed by atoms with van der Waals surface area (Å²) in [7, 11) is 0. The summed E-state index contributed by atoms with van der Waals surface area (Å²) in [5, 5.41) is 10.1. The predicted octanol–water partition coefficient (Wildman–Crippen LogP) is 16.8. The Morgan fingerprint density at radius 3 is 1.17 bits per heavy atom. The first kappa shape index (κ1) is 36.5. The molecule has 0 spiro atoms. The summed E-state index contributed by atoms with van der Waals surface area (Å²) >= 11 is 0. The van der Waals surface area contributed by atoms with Gasteiger partial charge in [-0.2, -0.15) is 0 Å².